The molecule has 1 aromatic carbocycles. The van der Waals surface area contributed by atoms with E-state index in [1.807, 2.05) is 45.0 Å². The van der Waals surface area contributed by atoms with Crippen molar-refractivity contribution in [3.05, 3.63) is 35.4 Å². The molecule has 24 heavy (non-hydrogen) atoms. The van der Waals surface area contributed by atoms with Gasteiger partial charge in [-0.15, -0.1) is 0 Å². The maximum atomic E-state index is 11.3. The predicted octanol–water partition coefficient (Wildman–Crippen LogP) is 1.84. The summed E-state index contributed by atoms with van der Waals surface area (Å²) >= 11 is 0. The maximum absolute atomic E-state index is 11.3. The molecule has 6 nitrogen and oxygen atoms in total. The van der Waals surface area contributed by atoms with Crippen LogP contribution in [-0.2, 0) is 20.8 Å². The Balaban J connectivity index is 0.000000351. The summed E-state index contributed by atoms with van der Waals surface area (Å²) in [6, 6.07) is 7.63. The average molecular weight is 336 g/mol. The third kappa shape index (κ3) is 8.08. The van der Waals surface area contributed by atoms with E-state index in [9.17, 15) is 9.59 Å². The van der Waals surface area contributed by atoms with E-state index in [0.717, 1.165) is 32.7 Å². The van der Waals surface area contributed by atoms with E-state index in [4.69, 9.17) is 0 Å². The second kappa shape index (κ2) is 10.1. The summed E-state index contributed by atoms with van der Waals surface area (Å²) in [4.78, 5) is 23.3. The van der Waals surface area contributed by atoms with E-state index < -0.39 is 0 Å². The Kier molecular flexibility index (Phi) is 8.43. The molecule has 0 atom stereocenters. The van der Waals surface area contributed by atoms with Crippen LogP contribution in [0.4, 0.5) is 0 Å². The Morgan fingerprint density at radius 1 is 1.21 bits per heavy atom. The number of ether oxygens (including phenoxy) is 2. The van der Waals surface area contributed by atoms with Gasteiger partial charge in [-0.2, -0.15) is 0 Å². The fraction of sp³-hybridized carbons (Fsp3) is 0.556. The van der Waals surface area contributed by atoms with Crippen LogP contribution in [-0.4, -0.2) is 56.2 Å². The number of rotatable bonds is 4. The van der Waals surface area contributed by atoms with Crippen LogP contribution in [0.5, 0.6) is 0 Å². The van der Waals surface area contributed by atoms with E-state index in [0.29, 0.717) is 12.0 Å². The summed E-state index contributed by atoms with van der Waals surface area (Å²) in [6.45, 7) is 11.1. The van der Waals surface area contributed by atoms with E-state index in [1.54, 1.807) is 0 Å². The molecule has 0 amide bonds. The zero-order valence-corrected chi connectivity index (χ0v) is 15.0. The molecule has 1 heterocycles. The van der Waals surface area contributed by atoms with E-state index in [1.165, 1.54) is 12.7 Å². The van der Waals surface area contributed by atoms with Gasteiger partial charge in [0.05, 0.1) is 12.7 Å². The highest BCUT2D eigenvalue weighted by atomic mass is 16.5. The van der Waals surface area contributed by atoms with Crippen LogP contribution < -0.4 is 5.32 Å². The first-order chi connectivity index (χ1) is 11.4. The van der Waals surface area contributed by atoms with E-state index in [2.05, 4.69) is 19.7 Å². The molecule has 0 aromatic heterocycles. The van der Waals surface area contributed by atoms with Crippen molar-refractivity contribution in [3.8, 4) is 0 Å². The molecule has 0 radical (unpaired) electrons. The van der Waals surface area contributed by atoms with Crippen molar-refractivity contribution >= 4 is 12.4 Å². The highest BCUT2D eigenvalue weighted by Gasteiger charge is 2.10. The number of methoxy groups -OCH3 is 1. The Labute approximate surface area is 144 Å². The molecular weight excluding hydrogens is 308 g/mol. The van der Waals surface area contributed by atoms with Gasteiger partial charge in [-0.1, -0.05) is 12.1 Å². The molecule has 0 aliphatic carbocycles. The van der Waals surface area contributed by atoms with Gasteiger partial charge >= 0.3 is 5.97 Å². The fourth-order valence-corrected chi connectivity index (χ4v) is 2.14. The van der Waals surface area contributed by atoms with Gasteiger partial charge in [0.2, 0.25) is 0 Å². The number of esters is 1. The molecular formula is C18H28N2O4. The molecule has 1 N–H and O–H groups in total. The molecule has 0 bridgehead atoms. The van der Waals surface area contributed by atoms with Gasteiger partial charge in [-0.25, -0.2) is 4.79 Å². The molecule has 0 spiro atoms. The second-order valence-electron chi connectivity index (χ2n) is 6.54. The van der Waals surface area contributed by atoms with Gasteiger partial charge in [-0.05, 0) is 38.5 Å². The molecule has 6 heteroatoms. The van der Waals surface area contributed by atoms with Crippen LogP contribution in [0.15, 0.2) is 24.3 Å². The van der Waals surface area contributed by atoms with Gasteiger partial charge in [0.1, 0.15) is 5.60 Å². The minimum Gasteiger partial charge on any atom is -0.465 e. The van der Waals surface area contributed by atoms with Crippen LogP contribution in [0.2, 0.25) is 0 Å². The molecule has 1 saturated heterocycles. The zero-order chi connectivity index (χ0) is 18.0. The third-order valence-electron chi connectivity index (χ3n) is 3.39. The summed E-state index contributed by atoms with van der Waals surface area (Å²) < 4.78 is 9.22. The SMILES string of the molecule is CC(C)(C)OC=O.COC(=O)c1ccc(CN2CCNCC2)cc1. The largest absolute Gasteiger partial charge is 0.465 e. The topological polar surface area (TPSA) is 67.9 Å². The normalized spacial score (nSPS) is 15.0. The minimum atomic E-state index is -0.318. The molecule has 0 saturated carbocycles. The van der Waals surface area contributed by atoms with Crippen molar-refractivity contribution in [2.45, 2.75) is 32.9 Å². The second-order valence-corrected chi connectivity index (χ2v) is 6.54. The van der Waals surface area contributed by atoms with Crippen molar-refractivity contribution in [2.75, 3.05) is 33.3 Å². The fourth-order valence-electron chi connectivity index (χ4n) is 2.14. The lowest BCUT2D eigenvalue weighted by Crippen LogP contribution is -2.42. The van der Waals surface area contributed by atoms with Gasteiger partial charge < -0.3 is 14.8 Å². The first kappa shape index (κ1) is 20.1. The van der Waals surface area contributed by atoms with Crippen molar-refractivity contribution in [2.24, 2.45) is 0 Å². The predicted molar refractivity (Wildman–Crippen MR) is 92.8 cm³/mol. The van der Waals surface area contributed by atoms with Gasteiger partial charge in [0.25, 0.3) is 6.47 Å². The smallest absolute Gasteiger partial charge is 0.337 e. The molecule has 1 aliphatic heterocycles. The Morgan fingerprint density at radius 3 is 2.21 bits per heavy atom. The molecule has 0 unspecified atom stereocenters. The molecule has 1 fully saturated rings. The van der Waals surface area contributed by atoms with Crippen molar-refractivity contribution < 1.29 is 19.1 Å². The quantitative estimate of drug-likeness (QED) is 0.668. The monoisotopic (exact) mass is 336 g/mol. The minimum absolute atomic E-state index is 0.279. The van der Waals surface area contributed by atoms with Crippen LogP contribution in [0, 0.1) is 0 Å². The first-order valence-corrected chi connectivity index (χ1v) is 8.07. The van der Waals surface area contributed by atoms with Gasteiger partial charge in [0.15, 0.2) is 0 Å². The third-order valence-corrected chi connectivity index (χ3v) is 3.39. The number of benzene rings is 1. The van der Waals surface area contributed by atoms with Crippen molar-refractivity contribution in [3.63, 3.8) is 0 Å². The summed E-state index contributed by atoms with van der Waals surface area (Å²) in [7, 11) is 1.40. The van der Waals surface area contributed by atoms with Gasteiger partial charge in [0, 0.05) is 32.7 Å². The van der Waals surface area contributed by atoms with E-state index >= 15 is 0 Å². The van der Waals surface area contributed by atoms with Gasteiger partial charge in [-0.3, -0.25) is 9.69 Å². The Hall–Kier alpha value is -1.92. The summed E-state index contributed by atoms with van der Waals surface area (Å²) in [5.74, 6) is -0.279. The number of nitrogens with one attached hydrogen (secondary N) is 1. The number of carbonyl (C=O) groups excluding carboxylic acids is 2. The van der Waals surface area contributed by atoms with Crippen molar-refractivity contribution in [1.82, 2.24) is 10.2 Å². The van der Waals surface area contributed by atoms with Crippen molar-refractivity contribution in [1.29, 1.82) is 0 Å². The highest BCUT2D eigenvalue weighted by Crippen LogP contribution is 2.09. The molecule has 2 rings (SSSR count). The lowest BCUT2D eigenvalue weighted by Gasteiger charge is -2.27. The summed E-state index contributed by atoms with van der Waals surface area (Å²) in [5.41, 5.74) is 1.53. The van der Waals surface area contributed by atoms with Crippen LogP contribution in [0.3, 0.4) is 0 Å². The van der Waals surface area contributed by atoms with E-state index in [-0.39, 0.29) is 11.6 Å². The lowest BCUT2D eigenvalue weighted by molar-refractivity contribution is -0.138. The lowest BCUT2D eigenvalue weighted by atomic mass is 10.1. The van der Waals surface area contributed by atoms with Crippen LogP contribution >= 0.6 is 0 Å². The number of piperazine rings is 1. The Morgan fingerprint density at radius 2 is 1.79 bits per heavy atom. The number of hydrogen-bond acceptors (Lipinski definition) is 6. The first-order valence-electron chi connectivity index (χ1n) is 8.07. The number of carbonyl (C=O) groups is 2. The molecule has 1 aliphatic rings. The van der Waals surface area contributed by atoms with Crippen LogP contribution in [0.25, 0.3) is 0 Å². The summed E-state index contributed by atoms with van der Waals surface area (Å²) in [5, 5.41) is 3.33. The molecule has 134 valence electrons. The Bertz CT molecular complexity index is 503. The molecule has 1 aromatic rings. The number of nitrogens with zero attached hydrogens (tertiary/aromatic N) is 1. The highest BCUT2D eigenvalue weighted by molar-refractivity contribution is 5.89. The maximum Gasteiger partial charge on any atom is 0.337 e. The standard InChI is InChI=1S/C13H18N2O2.C5H10O2/c1-17-13(16)12-4-2-11(3-5-12)10-15-8-6-14-7-9-15;1-5(2,3)7-4-6/h2-5,14H,6-10H2,1H3;4H,1-3H3. The zero-order valence-electron chi connectivity index (χ0n) is 15.0. The average Bonchev–Trinajstić information content (AvgIpc) is 2.55. The van der Waals surface area contributed by atoms with Crippen LogP contribution in [0.1, 0.15) is 36.7 Å². The summed E-state index contributed by atoms with van der Waals surface area (Å²) in [6.07, 6.45) is 0. The number of hydrogen-bond donors (Lipinski definition) is 1.